The van der Waals surface area contributed by atoms with Gasteiger partial charge in [0, 0.05) is 12.5 Å². The minimum Gasteiger partial charge on any atom is -0.480 e. The van der Waals surface area contributed by atoms with Crippen LogP contribution in [0, 0.1) is 11.8 Å². The van der Waals surface area contributed by atoms with E-state index in [1.807, 2.05) is 97.1 Å². The third-order valence-electron chi connectivity index (χ3n) is 9.52. The summed E-state index contributed by atoms with van der Waals surface area (Å²) in [5, 5.41) is 16.2. The molecular formula is C39H32N2O6. The number of hydrogen-bond donors (Lipinski definition) is 2. The monoisotopic (exact) mass is 624 g/mol. The Bertz CT molecular complexity index is 2010. The van der Waals surface area contributed by atoms with E-state index in [9.17, 15) is 24.3 Å². The normalized spacial score (nSPS) is 22.0. The SMILES string of the molecule is COC(=O)c1ccc(CN2C(=O)C3C(c4ccc(-c5ccccc5)cc4)NC(Cc4ccc5ccccc5c4)(C(=O)O)C3C2=O)cc1. The average molecular weight is 625 g/mol. The van der Waals surface area contributed by atoms with Gasteiger partial charge in [-0.2, -0.15) is 0 Å². The van der Waals surface area contributed by atoms with Crippen LogP contribution in [0.1, 0.15) is 33.1 Å². The van der Waals surface area contributed by atoms with Crippen molar-refractivity contribution in [1.82, 2.24) is 10.2 Å². The van der Waals surface area contributed by atoms with Gasteiger partial charge in [-0.3, -0.25) is 24.6 Å². The first-order chi connectivity index (χ1) is 22.8. The number of esters is 1. The molecule has 0 aromatic heterocycles. The van der Waals surface area contributed by atoms with Crippen molar-refractivity contribution in [3.63, 3.8) is 0 Å². The molecule has 8 nitrogen and oxygen atoms in total. The minimum atomic E-state index is -1.74. The van der Waals surface area contributed by atoms with E-state index < -0.39 is 47.2 Å². The maximum absolute atomic E-state index is 14.3. The highest BCUT2D eigenvalue weighted by atomic mass is 16.5. The molecule has 0 aliphatic carbocycles. The number of nitrogens with one attached hydrogen (secondary N) is 1. The van der Waals surface area contributed by atoms with Crippen molar-refractivity contribution in [2.45, 2.75) is 24.5 Å². The fourth-order valence-electron chi connectivity index (χ4n) is 7.17. The number of rotatable bonds is 8. The molecule has 0 radical (unpaired) electrons. The highest BCUT2D eigenvalue weighted by molar-refractivity contribution is 6.09. The van der Waals surface area contributed by atoms with E-state index in [0.29, 0.717) is 11.1 Å². The summed E-state index contributed by atoms with van der Waals surface area (Å²) in [5.41, 5.74) is 2.72. The van der Waals surface area contributed by atoms with E-state index in [-0.39, 0.29) is 13.0 Å². The Morgan fingerprint density at radius 2 is 1.40 bits per heavy atom. The molecule has 0 bridgehead atoms. The van der Waals surface area contributed by atoms with E-state index in [1.54, 1.807) is 24.3 Å². The highest BCUT2D eigenvalue weighted by Gasteiger charge is 2.68. The summed E-state index contributed by atoms with van der Waals surface area (Å²) < 4.78 is 4.78. The average Bonchev–Trinajstić information content (AvgIpc) is 3.58. The van der Waals surface area contributed by atoms with Crippen molar-refractivity contribution in [2.24, 2.45) is 11.8 Å². The lowest BCUT2D eigenvalue weighted by molar-refractivity contribution is -0.151. The number of ether oxygens (including phenoxy) is 1. The van der Waals surface area contributed by atoms with Crippen LogP contribution in [-0.4, -0.2) is 46.4 Å². The fourth-order valence-corrected chi connectivity index (χ4v) is 7.17. The predicted octanol–water partition coefficient (Wildman–Crippen LogP) is 5.81. The van der Waals surface area contributed by atoms with Crippen LogP contribution < -0.4 is 5.32 Å². The van der Waals surface area contributed by atoms with Gasteiger partial charge in [0.1, 0.15) is 5.54 Å². The topological polar surface area (TPSA) is 113 Å². The van der Waals surface area contributed by atoms with Crippen molar-refractivity contribution in [3.05, 3.63) is 144 Å². The zero-order chi connectivity index (χ0) is 32.7. The van der Waals surface area contributed by atoms with Gasteiger partial charge in [0.25, 0.3) is 0 Å². The smallest absolute Gasteiger partial charge is 0.337 e. The van der Waals surface area contributed by atoms with Crippen LogP contribution in [0.25, 0.3) is 21.9 Å². The minimum absolute atomic E-state index is 0.00756. The molecule has 4 atom stereocenters. The van der Waals surface area contributed by atoms with E-state index >= 15 is 0 Å². The number of benzene rings is 5. The number of fused-ring (bicyclic) bond motifs is 2. The van der Waals surface area contributed by atoms with Crippen molar-refractivity contribution in [1.29, 1.82) is 0 Å². The lowest BCUT2D eigenvalue weighted by Gasteiger charge is -2.31. The molecule has 2 heterocycles. The van der Waals surface area contributed by atoms with E-state index in [2.05, 4.69) is 5.32 Å². The number of imide groups is 1. The third-order valence-corrected chi connectivity index (χ3v) is 9.52. The quantitative estimate of drug-likeness (QED) is 0.166. The van der Waals surface area contributed by atoms with Gasteiger partial charge in [0.05, 0.1) is 31.1 Å². The number of hydrogen-bond acceptors (Lipinski definition) is 6. The van der Waals surface area contributed by atoms with Crippen molar-refractivity contribution in [3.8, 4) is 11.1 Å². The zero-order valence-corrected chi connectivity index (χ0v) is 25.6. The molecule has 0 spiro atoms. The lowest BCUT2D eigenvalue weighted by atomic mass is 9.76. The second kappa shape index (κ2) is 12.0. The summed E-state index contributed by atoms with van der Waals surface area (Å²) in [6, 6.07) is 36.9. The molecule has 0 saturated carbocycles. The third kappa shape index (κ3) is 5.26. The van der Waals surface area contributed by atoms with Gasteiger partial charge >= 0.3 is 11.9 Å². The molecule has 5 aromatic carbocycles. The number of nitrogens with zero attached hydrogens (tertiary/aromatic N) is 1. The molecule has 7 rings (SSSR count). The van der Waals surface area contributed by atoms with Crippen LogP contribution in [0.5, 0.6) is 0 Å². The van der Waals surface area contributed by atoms with E-state index in [0.717, 1.165) is 33.0 Å². The van der Waals surface area contributed by atoms with Gasteiger partial charge in [0.15, 0.2) is 0 Å². The van der Waals surface area contributed by atoms with Gasteiger partial charge in [-0.1, -0.05) is 109 Å². The summed E-state index contributed by atoms with van der Waals surface area (Å²) >= 11 is 0. The van der Waals surface area contributed by atoms with Gasteiger partial charge in [0.2, 0.25) is 11.8 Å². The van der Waals surface area contributed by atoms with Crippen molar-refractivity contribution in [2.75, 3.05) is 7.11 Å². The second-order valence-electron chi connectivity index (χ2n) is 12.2. The molecule has 8 heteroatoms. The molecule has 234 valence electrons. The number of carbonyl (C=O) groups is 4. The van der Waals surface area contributed by atoms with Gasteiger partial charge in [-0.05, 0) is 50.7 Å². The summed E-state index contributed by atoms with van der Waals surface area (Å²) in [6.45, 7) is -0.0442. The molecule has 2 fully saturated rings. The van der Waals surface area contributed by atoms with Crippen LogP contribution in [-0.2, 0) is 32.1 Å². The Kier molecular flexibility index (Phi) is 7.66. The maximum Gasteiger partial charge on any atom is 0.337 e. The number of aliphatic carboxylic acids is 1. The molecular weight excluding hydrogens is 592 g/mol. The summed E-state index contributed by atoms with van der Waals surface area (Å²) in [6.07, 6.45) is 0.00756. The standard InChI is InChI=1S/C39H32N2O6/c1-47-37(44)30-15-11-24(12-16-30)23-41-35(42)32-33(36(41)43)39(38(45)46,22-25-13-14-27-9-5-6-10-31(27)21-25)40-34(32)29-19-17-28(18-20-29)26-7-3-2-4-8-26/h2-21,32-34,40H,22-23H2,1H3,(H,45,46). The Hall–Kier alpha value is -5.60. The highest BCUT2D eigenvalue weighted by Crippen LogP contribution is 2.50. The number of amides is 2. The number of methoxy groups -OCH3 is 1. The Morgan fingerprint density at radius 1 is 0.766 bits per heavy atom. The molecule has 47 heavy (non-hydrogen) atoms. The molecule has 2 N–H and O–H groups in total. The van der Waals surface area contributed by atoms with Crippen molar-refractivity contribution >= 4 is 34.5 Å². The van der Waals surface area contributed by atoms with Crippen LogP contribution in [0.15, 0.2) is 121 Å². The van der Waals surface area contributed by atoms with Crippen LogP contribution in [0.4, 0.5) is 0 Å². The molecule has 5 aromatic rings. The number of likely N-dealkylation sites (tertiary alicyclic amines) is 1. The van der Waals surface area contributed by atoms with Crippen LogP contribution >= 0.6 is 0 Å². The van der Waals surface area contributed by atoms with Gasteiger partial charge in [-0.25, -0.2) is 4.79 Å². The van der Waals surface area contributed by atoms with Gasteiger partial charge in [-0.15, -0.1) is 0 Å². The molecule has 2 amide bonds. The predicted molar refractivity (Wildman–Crippen MR) is 176 cm³/mol. The van der Waals surface area contributed by atoms with E-state index in [4.69, 9.17) is 4.74 Å². The number of carboxylic acids is 1. The van der Waals surface area contributed by atoms with Crippen molar-refractivity contribution < 1.29 is 29.0 Å². The Balaban J connectivity index is 1.28. The largest absolute Gasteiger partial charge is 0.480 e. The van der Waals surface area contributed by atoms with Gasteiger partial charge < -0.3 is 9.84 Å². The van der Waals surface area contributed by atoms with E-state index in [1.165, 1.54) is 12.0 Å². The first kappa shape index (κ1) is 30.1. The number of carboxylic acid groups (broad SMARTS) is 1. The first-order valence-corrected chi connectivity index (χ1v) is 15.5. The second-order valence-corrected chi connectivity index (χ2v) is 12.2. The summed E-state index contributed by atoms with van der Waals surface area (Å²) in [4.78, 5) is 55.0. The molecule has 2 saturated heterocycles. The maximum atomic E-state index is 14.3. The van der Waals surface area contributed by atoms with Crippen LogP contribution in [0.3, 0.4) is 0 Å². The molecule has 2 aliphatic rings. The summed E-state index contributed by atoms with van der Waals surface area (Å²) in [5.74, 6) is -4.72. The fraction of sp³-hybridized carbons (Fsp3) is 0.179. The molecule has 2 aliphatic heterocycles. The Labute approximate surface area is 271 Å². The zero-order valence-electron chi connectivity index (χ0n) is 25.6. The Morgan fingerprint density at radius 3 is 2.09 bits per heavy atom. The van der Waals surface area contributed by atoms with Crippen LogP contribution in [0.2, 0.25) is 0 Å². The summed E-state index contributed by atoms with van der Waals surface area (Å²) in [7, 11) is 1.29. The lowest BCUT2D eigenvalue weighted by Crippen LogP contribution is -2.57. The molecule has 4 unspecified atom stereocenters. The first-order valence-electron chi connectivity index (χ1n) is 15.5. The number of carbonyl (C=O) groups excluding carboxylic acids is 3.